The van der Waals surface area contributed by atoms with Crippen molar-refractivity contribution in [3.8, 4) is 0 Å². The fourth-order valence-corrected chi connectivity index (χ4v) is 2.32. The first kappa shape index (κ1) is 28.6. The molecule has 0 fully saturated rings. The molecule has 0 saturated heterocycles. The standard InChI is InChI=1S/3C8H11.2La/c3*1-7(2)8-5-3-4-6-8;;/h3*3-7H,1-2H3;;/q3*-1;;+3. The van der Waals surface area contributed by atoms with Crippen LogP contribution in [0, 0.1) is 71.2 Å². The molecule has 0 bridgehead atoms. The van der Waals surface area contributed by atoms with Gasteiger partial charge in [-0.25, -0.2) is 36.4 Å². The molecule has 0 aliphatic heterocycles. The summed E-state index contributed by atoms with van der Waals surface area (Å²) < 4.78 is 0. The molecule has 0 aliphatic carbocycles. The molecule has 0 atom stereocenters. The molecule has 0 unspecified atom stereocenters. The molecule has 3 aromatic rings. The molecule has 0 amide bonds. The van der Waals surface area contributed by atoms with E-state index in [9.17, 15) is 0 Å². The van der Waals surface area contributed by atoms with E-state index >= 15 is 0 Å². The van der Waals surface area contributed by atoms with Gasteiger partial charge in [-0.1, -0.05) is 59.3 Å². The van der Waals surface area contributed by atoms with Gasteiger partial charge in [0.25, 0.3) is 0 Å². The summed E-state index contributed by atoms with van der Waals surface area (Å²) in [6.07, 6.45) is 0. The third kappa shape index (κ3) is 12.0. The molecule has 0 heterocycles. The fraction of sp³-hybridized carbons (Fsp3) is 0.375. The zero-order chi connectivity index (χ0) is 17.9. The third-order valence-corrected chi connectivity index (χ3v) is 4.07. The Morgan fingerprint density at radius 2 is 0.577 bits per heavy atom. The van der Waals surface area contributed by atoms with E-state index in [4.69, 9.17) is 0 Å². The molecule has 0 saturated carbocycles. The molecule has 0 aliphatic rings. The maximum atomic E-state index is 2.20. The van der Waals surface area contributed by atoms with E-state index in [1.54, 1.807) is 0 Å². The van der Waals surface area contributed by atoms with Gasteiger partial charge in [-0.15, -0.1) is 0 Å². The van der Waals surface area contributed by atoms with Gasteiger partial charge >= 0.3 is 35.6 Å². The molecular formula is C24H33La2. The summed E-state index contributed by atoms with van der Waals surface area (Å²) in [4.78, 5) is 0. The van der Waals surface area contributed by atoms with Crippen LogP contribution in [0.2, 0.25) is 0 Å². The minimum Gasteiger partial charge on any atom is -0.213 e. The quantitative estimate of drug-likeness (QED) is 0.273. The van der Waals surface area contributed by atoms with Crippen molar-refractivity contribution in [1.82, 2.24) is 0 Å². The van der Waals surface area contributed by atoms with Crippen LogP contribution in [0.5, 0.6) is 0 Å². The van der Waals surface area contributed by atoms with Gasteiger partial charge in [0.05, 0.1) is 0 Å². The molecule has 135 valence electrons. The normalized spacial score (nSPS) is 9.58. The molecule has 0 N–H and O–H groups in total. The maximum absolute atomic E-state index is 2.20. The first-order chi connectivity index (χ1) is 11.4. The van der Waals surface area contributed by atoms with E-state index in [1.807, 2.05) is 0 Å². The zero-order valence-corrected chi connectivity index (χ0v) is 24.6. The average Bonchev–Trinajstić information content (AvgIpc) is 3.29. The van der Waals surface area contributed by atoms with E-state index in [1.165, 1.54) is 16.7 Å². The smallest absolute Gasteiger partial charge is 0.213 e. The summed E-state index contributed by atoms with van der Waals surface area (Å²) in [5.74, 6) is 2.06. The van der Waals surface area contributed by atoms with Gasteiger partial charge < -0.3 is 0 Å². The van der Waals surface area contributed by atoms with Crippen LogP contribution in [0.25, 0.3) is 0 Å². The summed E-state index contributed by atoms with van der Waals surface area (Å²) in [5.41, 5.74) is 4.31. The molecular weight excluding hydrogens is 566 g/mol. The fourth-order valence-electron chi connectivity index (χ4n) is 2.32. The van der Waals surface area contributed by atoms with Crippen LogP contribution in [0.3, 0.4) is 0 Å². The summed E-state index contributed by atoms with van der Waals surface area (Å²) >= 11 is 0. The van der Waals surface area contributed by atoms with Gasteiger partial charge in [-0.3, -0.25) is 0 Å². The number of hydrogen-bond donors (Lipinski definition) is 0. The van der Waals surface area contributed by atoms with Crippen molar-refractivity contribution >= 4 is 0 Å². The van der Waals surface area contributed by atoms with Crippen molar-refractivity contribution in [2.45, 2.75) is 59.3 Å². The Morgan fingerprint density at radius 1 is 0.423 bits per heavy atom. The first-order valence-electron chi connectivity index (χ1n) is 9.06. The van der Waals surface area contributed by atoms with Crippen LogP contribution in [0.15, 0.2) is 72.8 Å². The predicted molar refractivity (Wildman–Crippen MR) is 108 cm³/mol. The van der Waals surface area contributed by atoms with E-state index < -0.39 is 0 Å². The van der Waals surface area contributed by atoms with Gasteiger partial charge in [0.2, 0.25) is 0 Å². The molecule has 1 radical (unpaired) electrons. The van der Waals surface area contributed by atoms with E-state index in [2.05, 4.69) is 114 Å². The van der Waals surface area contributed by atoms with Gasteiger partial charge in [-0.2, -0.15) is 53.1 Å². The van der Waals surface area contributed by atoms with E-state index in [0.29, 0.717) is 17.8 Å². The third-order valence-electron chi connectivity index (χ3n) is 4.07. The predicted octanol–water partition coefficient (Wildman–Crippen LogP) is 7.59. The van der Waals surface area contributed by atoms with Gasteiger partial charge in [0.1, 0.15) is 0 Å². The van der Waals surface area contributed by atoms with Crippen LogP contribution in [-0.4, -0.2) is 0 Å². The molecule has 3 aromatic carbocycles. The van der Waals surface area contributed by atoms with Gasteiger partial charge in [-0.05, 0) is 0 Å². The largest absolute Gasteiger partial charge is 3.00 e. The molecule has 0 spiro atoms. The van der Waals surface area contributed by atoms with Crippen molar-refractivity contribution in [2.24, 2.45) is 0 Å². The Balaban J connectivity index is 0. The van der Waals surface area contributed by atoms with Crippen molar-refractivity contribution in [1.29, 1.82) is 0 Å². The second kappa shape index (κ2) is 16.4. The minimum atomic E-state index is 0. The van der Waals surface area contributed by atoms with Crippen LogP contribution < -0.4 is 0 Å². The summed E-state index contributed by atoms with van der Waals surface area (Å²) in [5, 5.41) is 0. The summed E-state index contributed by atoms with van der Waals surface area (Å²) in [7, 11) is 0. The van der Waals surface area contributed by atoms with Crippen LogP contribution in [0.4, 0.5) is 0 Å². The van der Waals surface area contributed by atoms with Crippen LogP contribution in [-0.2, 0) is 0 Å². The number of rotatable bonds is 3. The molecule has 0 aromatic heterocycles. The molecule has 3 rings (SSSR count). The Labute approximate surface area is 217 Å². The van der Waals surface area contributed by atoms with Crippen molar-refractivity contribution < 1.29 is 71.2 Å². The second-order valence-electron chi connectivity index (χ2n) is 7.12. The minimum absolute atomic E-state index is 0. The Hall–Kier alpha value is 0.440. The number of hydrogen-bond acceptors (Lipinski definition) is 0. The Morgan fingerprint density at radius 3 is 0.654 bits per heavy atom. The Bertz CT molecular complexity index is 506. The van der Waals surface area contributed by atoms with Crippen molar-refractivity contribution in [3.05, 3.63) is 89.5 Å². The second-order valence-corrected chi connectivity index (χ2v) is 7.12. The first-order valence-corrected chi connectivity index (χ1v) is 9.06. The monoisotopic (exact) mass is 599 g/mol. The zero-order valence-electron chi connectivity index (χ0n) is 17.3. The average molecular weight is 599 g/mol. The Kier molecular flexibility index (Phi) is 18.1. The van der Waals surface area contributed by atoms with Crippen LogP contribution >= 0.6 is 0 Å². The SMILES string of the molecule is CC(C)[c-]1cccc1.CC(C)[c-]1cccc1.CC(C)[c-]1cccc1.[La+3].[La]. The topological polar surface area (TPSA) is 0 Å². The molecule has 0 nitrogen and oxygen atoms in total. The van der Waals surface area contributed by atoms with E-state index in [0.717, 1.165) is 0 Å². The van der Waals surface area contributed by atoms with Crippen molar-refractivity contribution in [2.75, 3.05) is 0 Å². The summed E-state index contributed by atoms with van der Waals surface area (Å²) in [6.45, 7) is 13.2. The van der Waals surface area contributed by atoms with Gasteiger partial charge in [0, 0.05) is 35.6 Å². The van der Waals surface area contributed by atoms with Crippen molar-refractivity contribution in [3.63, 3.8) is 0 Å². The van der Waals surface area contributed by atoms with Crippen LogP contribution in [0.1, 0.15) is 76.0 Å². The molecule has 26 heavy (non-hydrogen) atoms. The molecule has 2 heteroatoms. The van der Waals surface area contributed by atoms with Gasteiger partial charge in [0.15, 0.2) is 0 Å². The summed E-state index contributed by atoms with van der Waals surface area (Å²) in [6, 6.07) is 25.4. The van der Waals surface area contributed by atoms with E-state index in [-0.39, 0.29) is 71.2 Å². The maximum Gasteiger partial charge on any atom is 3.00 e.